The van der Waals surface area contributed by atoms with E-state index in [1.54, 1.807) is 6.92 Å². The molecule has 0 fully saturated rings. The Hall–Kier alpha value is -3.84. The second-order valence-corrected chi connectivity index (χ2v) is 8.81. The number of rotatable bonds is 14. The van der Waals surface area contributed by atoms with E-state index in [0.717, 1.165) is 57.9 Å². The van der Waals surface area contributed by atoms with E-state index in [9.17, 15) is 19.2 Å². The van der Waals surface area contributed by atoms with Crippen LogP contribution in [0.2, 0.25) is 0 Å². The summed E-state index contributed by atoms with van der Waals surface area (Å²) in [5.41, 5.74) is 21.8. The predicted molar refractivity (Wildman–Crippen MR) is 159 cm³/mol. The van der Waals surface area contributed by atoms with Gasteiger partial charge < -0.3 is 43.4 Å². The number of hydrogen-bond donors (Lipinski definition) is 8. The van der Waals surface area contributed by atoms with Gasteiger partial charge in [-0.15, -0.1) is 0 Å². The van der Waals surface area contributed by atoms with Crippen LogP contribution < -0.4 is 22.9 Å². The number of carboxylic acids is 4. The summed E-state index contributed by atoms with van der Waals surface area (Å²) in [5, 5.41) is 34.2. The molecule has 12 heteroatoms. The van der Waals surface area contributed by atoms with E-state index in [0.29, 0.717) is 5.56 Å². The number of carboxylic acid groups (broad SMARTS) is 4. The molecule has 12 nitrogen and oxygen atoms in total. The van der Waals surface area contributed by atoms with E-state index in [2.05, 4.69) is 0 Å². The molecule has 2 aromatic rings. The van der Waals surface area contributed by atoms with Crippen molar-refractivity contribution < 1.29 is 39.6 Å². The van der Waals surface area contributed by atoms with Crippen molar-refractivity contribution in [3.8, 4) is 0 Å². The van der Waals surface area contributed by atoms with E-state index < -0.39 is 23.9 Å². The van der Waals surface area contributed by atoms with Gasteiger partial charge in [0.1, 0.15) is 0 Å². The van der Waals surface area contributed by atoms with Gasteiger partial charge in [-0.2, -0.15) is 0 Å². The molecule has 2 rings (SSSR count). The molecule has 0 atom stereocenters. The fourth-order valence-corrected chi connectivity index (χ4v) is 3.11. The maximum absolute atomic E-state index is 10.6. The zero-order valence-electron chi connectivity index (χ0n) is 23.8. The smallest absolute Gasteiger partial charge is 0.335 e. The summed E-state index contributed by atoms with van der Waals surface area (Å²) in [5.74, 6) is -4.36. The normalized spacial score (nSPS) is 9.59. The molecule has 0 saturated heterocycles. The van der Waals surface area contributed by atoms with Gasteiger partial charge in [-0.25, -0.2) is 19.2 Å². The molecule has 0 heterocycles. The van der Waals surface area contributed by atoms with Crippen LogP contribution >= 0.6 is 0 Å². The lowest BCUT2D eigenvalue weighted by molar-refractivity contribution is 0.0680. The SMILES string of the molecule is Cc1cc(C(=O)O)ccc1C(=O)O.NCCCCCCN.NCCCCCCN.O=C(O)c1cccc(C(=O)O)c1. The van der Waals surface area contributed by atoms with Gasteiger partial charge in [0.25, 0.3) is 0 Å². The number of benzene rings is 2. The lowest BCUT2D eigenvalue weighted by Crippen LogP contribution is -2.03. The van der Waals surface area contributed by atoms with E-state index in [1.807, 2.05) is 0 Å². The van der Waals surface area contributed by atoms with Crippen LogP contribution in [0.25, 0.3) is 0 Å². The van der Waals surface area contributed by atoms with Gasteiger partial charge in [-0.1, -0.05) is 31.7 Å². The Morgan fingerprint density at radius 2 is 0.854 bits per heavy atom. The lowest BCUT2D eigenvalue weighted by atomic mass is 10.1. The molecule has 0 aliphatic rings. The van der Waals surface area contributed by atoms with Crippen molar-refractivity contribution in [2.75, 3.05) is 26.2 Å². The molecule has 0 amide bonds. The van der Waals surface area contributed by atoms with E-state index >= 15 is 0 Å². The molecule has 0 unspecified atom stereocenters. The minimum atomic E-state index is -1.13. The van der Waals surface area contributed by atoms with Crippen LogP contribution in [0.3, 0.4) is 0 Å². The van der Waals surface area contributed by atoms with Crippen molar-refractivity contribution in [1.82, 2.24) is 0 Å². The average Bonchev–Trinajstić information content (AvgIpc) is 2.94. The fourth-order valence-electron chi connectivity index (χ4n) is 3.11. The molecule has 0 spiro atoms. The summed E-state index contributed by atoms with van der Waals surface area (Å²) in [6.45, 7) is 4.86. The topological polar surface area (TPSA) is 253 Å². The standard InChI is InChI=1S/C9H8O4.C8H6O4.2C6H16N2/c1-5-4-6(8(10)11)2-3-7(5)9(12)13;9-7(10)5-2-1-3-6(4-5)8(11)12;2*7-5-3-1-2-4-6-8/h2-4H,1H3,(H,10,11)(H,12,13);1-4H,(H,9,10)(H,11,12);2*1-8H2. The number of aromatic carboxylic acids is 4. The minimum absolute atomic E-state index is 0.0186. The number of unbranched alkanes of at least 4 members (excludes halogenated alkanes) is 6. The molecule has 0 aromatic heterocycles. The molecule has 0 bridgehead atoms. The Bertz CT molecular complexity index is 994. The monoisotopic (exact) mass is 578 g/mol. The van der Waals surface area contributed by atoms with Crippen LogP contribution in [0.5, 0.6) is 0 Å². The molecule has 0 aliphatic heterocycles. The molecule has 0 aliphatic carbocycles. The van der Waals surface area contributed by atoms with Gasteiger partial charge in [0, 0.05) is 0 Å². The van der Waals surface area contributed by atoms with Crippen molar-refractivity contribution in [2.24, 2.45) is 22.9 Å². The Labute approximate surface area is 241 Å². The van der Waals surface area contributed by atoms with Crippen molar-refractivity contribution in [3.05, 3.63) is 70.3 Å². The molecule has 230 valence electrons. The van der Waals surface area contributed by atoms with E-state index in [4.69, 9.17) is 43.4 Å². The van der Waals surface area contributed by atoms with Crippen LogP contribution in [0.4, 0.5) is 0 Å². The van der Waals surface area contributed by atoms with Crippen molar-refractivity contribution in [1.29, 1.82) is 0 Å². The van der Waals surface area contributed by atoms with E-state index in [-0.39, 0.29) is 22.3 Å². The third-order valence-electron chi connectivity index (χ3n) is 5.38. The maximum Gasteiger partial charge on any atom is 0.335 e. The molecular weight excluding hydrogens is 532 g/mol. The summed E-state index contributed by atoms with van der Waals surface area (Å²) < 4.78 is 0. The number of nitrogens with two attached hydrogens (primary N) is 4. The highest BCUT2D eigenvalue weighted by molar-refractivity contribution is 5.94. The second kappa shape index (κ2) is 25.1. The van der Waals surface area contributed by atoms with Crippen LogP contribution in [0.15, 0.2) is 42.5 Å². The summed E-state index contributed by atoms with van der Waals surface area (Å²) >= 11 is 0. The zero-order chi connectivity index (χ0) is 31.6. The Kier molecular flexibility index (Phi) is 24.1. The molecule has 0 radical (unpaired) electrons. The summed E-state index contributed by atoms with van der Waals surface area (Å²) in [4.78, 5) is 41.8. The molecule has 2 aromatic carbocycles. The first-order valence-electron chi connectivity index (χ1n) is 13.4. The first kappa shape index (κ1) is 39.3. The maximum atomic E-state index is 10.6. The number of aryl methyl sites for hydroxylation is 1. The third kappa shape index (κ3) is 20.7. The van der Waals surface area contributed by atoms with Crippen molar-refractivity contribution >= 4 is 23.9 Å². The lowest BCUT2D eigenvalue weighted by Gasteiger charge is -2.01. The minimum Gasteiger partial charge on any atom is -0.478 e. The Balaban J connectivity index is 0. The Morgan fingerprint density at radius 1 is 0.512 bits per heavy atom. The molecule has 12 N–H and O–H groups in total. The van der Waals surface area contributed by atoms with Gasteiger partial charge in [-0.3, -0.25) is 0 Å². The zero-order valence-corrected chi connectivity index (χ0v) is 23.8. The van der Waals surface area contributed by atoms with Gasteiger partial charge in [-0.05, 0) is 101 Å². The van der Waals surface area contributed by atoms with Gasteiger partial charge in [0.05, 0.1) is 22.3 Å². The molecule has 0 saturated carbocycles. The average molecular weight is 579 g/mol. The van der Waals surface area contributed by atoms with Crippen LogP contribution in [-0.2, 0) is 0 Å². The summed E-state index contributed by atoms with van der Waals surface area (Å²) in [7, 11) is 0. The van der Waals surface area contributed by atoms with Crippen molar-refractivity contribution in [3.63, 3.8) is 0 Å². The van der Waals surface area contributed by atoms with Crippen molar-refractivity contribution in [2.45, 2.75) is 58.3 Å². The highest BCUT2D eigenvalue weighted by Crippen LogP contribution is 2.11. The van der Waals surface area contributed by atoms with Crippen LogP contribution in [0.1, 0.15) is 98.4 Å². The highest BCUT2D eigenvalue weighted by atomic mass is 16.4. The predicted octanol–water partition coefficient (Wildman–Crippen LogP) is 3.40. The molecular formula is C29H46N4O8. The molecule has 41 heavy (non-hydrogen) atoms. The van der Waals surface area contributed by atoms with Crippen LogP contribution in [0, 0.1) is 6.92 Å². The first-order chi connectivity index (χ1) is 19.5. The third-order valence-corrected chi connectivity index (χ3v) is 5.38. The fraction of sp³-hybridized carbons (Fsp3) is 0.448. The van der Waals surface area contributed by atoms with E-state index in [1.165, 1.54) is 62.1 Å². The summed E-state index contributed by atoms with van der Waals surface area (Å²) in [6.07, 6.45) is 9.59. The first-order valence-corrected chi connectivity index (χ1v) is 13.4. The van der Waals surface area contributed by atoms with Gasteiger partial charge in [0.2, 0.25) is 0 Å². The van der Waals surface area contributed by atoms with Gasteiger partial charge in [0.15, 0.2) is 0 Å². The number of carbonyl (C=O) groups is 4. The number of hydrogen-bond acceptors (Lipinski definition) is 8. The van der Waals surface area contributed by atoms with Crippen LogP contribution in [-0.4, -0.2) is 70.5 Å². The Morgan fingerprint density at radius 3 is 1.12 bits per heavy atom. The quantitative estimate of drug-likeness (QED) is 0.150. The second-order valence-electron chi connectivity index (χ2n) is 8.81. The largest absolute Gasteiger partial charge is 0.478 e. The summed E-state index contributed by atoms with van der Waals surface area (Å²) in [6, 6.07) is 9.10. The van der Waals surface area contributed by atoms with Gasteiger partial charge >= 0.3 is 23.9 Å². The highest BCUT2D eigenvalue weighted by Gasteiger charge is 2.10.